The van der Waals surface area contributed by atoms with E-state index < -0.39 is 0 Å². The van der Waals surface area contributed by atoms with Gasteiger partial charge in [-0.3, -0.25) is 0 Å². The van der Waals surface area contributed by atoms with Gasteiger partial charge in [0.15, 0.2) is 0 Å². The predicted molar refractivity (Wildman–Crippen MR) is 69.8 cm³/mol. The molecule has 0 aliphatic rings. The zero-order valence-electron chi connectivity index (χ0n) is 10.7. The number of rotatable bonds is 9. The van der Waals surface area contributed by atoms with E-state index in [2.05, 4.69) is 28.5 Å². The normalized spacial score (nSPS) is 11.1. The van der Waals surface area contributed by atoms with Crippen molar-refractivity contribution in [3.63, 3.8) is 0 Å². The molecule has 6 heteroatoms. The van der Waals surface area contributed by atoms with Crippen molar-refractivity contribution in [1.82, 2.24) is 9.36 Å². The molecule has 1 aromatic rings. The van der Waals surface area contributed by atoms with Gasteiger partial charge in [-0.2, -0.15) is 4.37 Å². The average molecular weight is 259 g/mol. The molecule has 0 spiro atoms. The van der Waals surface area contributed by atoms with Crippen LogP contribution in [0.3, 0.4) is 0 Å². The predicted octanol–water partition coefficient (Wildman–Crippen LogP) is 2.13. The van der Waals surface area contributed by atoms with Crippen LogP contribution in [-0.4, -0.2) is 42.8 Å². The highest BCUT2D eigenvalue weighted by Gasteiger charge is 2.06. The number of ether oxygens (including phenoxy) is 2. The van der Waals surface area contributed by atoms with Crippen molar-refractivity contribution in [1.29, 1.82) is 0 Å². The zero-order chi connectivity index (χ0) is 12.5. The molecule has 1 aromatic heterocycles. The third kappa shape index (κ3) is 5.95. The van der Waals surface area contributed by atoms with E-state index >= 15 is 0 Å². The molecule has 0 radical (unpaired) electrons. The molecule has 1 rings (SSSR count). The van der Waals surface area contributed by atoms with Crippen LogP contribution in [0.1, 0.15) is 32.0 Å². The summed E-state index contributed by atoms with van der Waals surface area (Å²) in [4.78, 5) is 4.39. The van der Waals surface area contributed by atoms with Crippen molar-refractivity contribution in [3.05, 3.63) is 5.82 Å². The molecule has 0 amide bonds. The molecular weight excluding hydrogens is 238 g/mol. The maximum absolute atomic E-state index is 5.36. The largest absolute Gasteiger partial charge is 0.382 e. The molecule has 0 fully saturated rings. The van der Waals surface area contributed by atoms with Gasteiger partial charge in [-0.05, 0) is 6.42 Å². The fourth-order valence-corrected chi connectivity index (χ4v) is 1.89. The molecule has 0 unspecified atom stereocenters. The van der Waals surface area contributed by atoms with Crippen LogP contribution < -0.4 is 5.32 Å². The molecule has 1 N–H and O–H groups in total. The highest BCUT2D eigenvalue weighted by molar-refractivity contribution is 7.09. The minimum absolute atomic E-state index is 0.388. The second kappa shape index (κ2) is 8.38. The lowest BCUT2D eigenvalue weighted by atomic mass is 10.2. The Morgan fingerprint density at radius 3 is 2.76 bits per heavy atom. The Kier molecular flexibility index (Phi) is 7.07. The molecule has 17 heavy (non-hydrogen) atoms. The van der Waals surface area contributed by atoms with Crippen LogP contribution in [0.5, 0.6) is 0 Å². The van der Waals surface area contributed by atoms with E-state index in [1.54, 1.807) is 7.11 Å². The Labute approximate surface area is 107 Å². The third-order valence-electron chi connectivity index (χ3n) is 2.13. The van der Waals surface area contributed by atoms with Crippen LogP contribution in [0, 0.1) is 0 Å². The minimum Gasteiger partial charge on any atom is -0.382 e. The summed E-state index contributed by atoms with van der Waals surface area (Å²) in [5.41, 5.74) is 0. The molecule has 98 valence electrons. The van der Waals surface area contributed by atoms with E-state index in [1.165, 1.54) is 11.5 Å². The van der Waals surface area contributed by atoms with Crippen LogP contribution in [0.15, 0.2) is 0 Å². The van der Waals surface area contributed by atoms with Crippen LogP contribution in [-0.2, 0) is 9.47 Å². The number of methoxy groups -OCH3 is 1. The number of hydrogen-bond donors (Lipinski definition) is 1. The first-order valence-corrected chi connectivity index (χ1v) is 6.65. The monoisotopic (exact) mass is 259 g/mol. The maximum atomic E-state index is 5.36. The summed E-state index contributed by atoms with van der Waals surface area (Å²) in [5, 5.41) is 4.14. The summed E-state index contributed by atoms with van der Waals surface area (Å²) in [5.74, 6) is 1.30. The quantitative estimate of drug-likeness (QED) is 0.688. The lowest BCUT2D eigenvalue weighted by Gasteiger charge is -2.04. The zero-order valence-corrected chi connectivity index (χ0v) is 11.5. The van der Waals surface area contributed by atoms with Crippen LogP contribution in [0.25, 0.3) is 0 Å². The summed E-state index contributed by atoms with van der Waals surface area (Å²) in [6, 6.07) is 0. The summed E-state index contributed by atoms with van der Waals surface area (Å²) in [6.45, 7) is 7.10. The van der Waals surface area contributed by atoms with Crippen molar-refractivity contribution in [2.45, 2.75) is 26.2 Å². The van der Waals surface area contributed by atoms with Crippen LogP contribution in [0.4, 0.5) is 5.13 Å². The maximum Gasteiger partial charge on any atom is 0.202 e. The summed E-state index contributed by atoms with van der Waals surface area (Å²) in [6.07, 6.45) is 0.959. The van der Waals surface area contributed by atoms with Gasteiger partial charge >= 0.3 is 0 Å². The summed E-state index contributed by atoms with van der Waals surface area (Å²) < 4.78 is 14.5. The summed E-state index contributed by atoms with van der Waals surface area (Å²) in [7, 11) is 1.67. The lowest BCUT2D eigenvalue weighted by molar-refractivity contribution is 0.0705. The fraction of sp³-hybridized carbons (Fsp3) is 0.818. The van der Waals surface area contributed by atoms with E-state index in [0.29, 0.717) is 19.1 Å². The van der Waals surface area contributed by atoms with E-state index in [1.807, 2.05) is 0 Å². The van der Waals surface area contributed by atoms with Crippen molar-refractivity contribution < 1.29 is 9.47 Å². The number of aromatic nitrogens is 2. The Balaban J connectivity index is 2.05. The van der Waals surface area contributed by atoms with Gasteiger partial charge < -0.3 is 14.8 Å². The smallest absolute Gasteiger partial charge is 0.202 e. The van der Waals surface area contributed by atoms with Crippen molar-refractivity contribution in [2.24, 2.45) is 0 Å². The third-order valence-corrected chi connectivity index (χ3v) is 2.82. The van der Waals surface area contributed by atoms with Crippen LogP contribution >= 0.6 is 11.5 Å². The molecule has 0 aromatic carbocycles. The minimum atomic E-state index is 0.388. The first-order valence-electron chi connectivity index (χ1n) is 5.88. The van der Waals surface area contributed by atoms with Gasteiger partial charge in [-0.1, -0.05) is 13.8 Å². The summed E-state index contributed by atoms with van der Waals surface area (Å²) >= 11 is 1.42. The fourth-order valence-electron chi connectivity index (χ4n) is 1.16. The van der Waals surface area contributed by atoms with Crippen LogP contribution in [0.2, 0.25) is 0 Å². The van der Waals surface area contributed by atoms with E-state index in [0.717, 1.165) is 30.5 Å². The van der Waals surface area contributed by atoms with Gasteiger partial charge in [0.05, 0.1) is 13.2 Å². The Bertz CT molecular complexity index is 305. The van der Waals surface area contributed by atoms with Gasteiger partial charge in [0.2, 0.25) is 5.13 Å². The molecule has 0 saturated carbocycles. The molecule has 5 nitrogen and oxygen atoms in total. The molecule has 0 saturated heterocycles. The second-order valence-electron chi connectivity index (χ2n) is 4.00. The Hall–Kier alpha value is -0.720. The Morgan fingerprint density at radius 2 is 2.12 bits per heavy atom. The topological polar surface area (TPSA) is 56.3 Å². The van der Waals surface area contributed by atoms with E-state index in [4.69, 9.17) is 9.47 Å². The molecule has 0 aliphatic carbocycles. The number of hydrogen-bond acceptors (Lipinski definition) is 6. The number of anilines is 1. The number of nitrogens with one attached hydrogen (secondary N) is 1. The highest BCUT2D eigenvalue weighted by Crippen LogP contribution is 2.16. The molecule has 0 bridgehead atoms. The highest BCUT2D eigenvalue weighted by atomic mass is 32.1. The first kappa shape index (κ1) is 14.3. The SMILES string of the molecule is COCCOCCCNc1nc(C(C)C)ns1. The molecule has 0 aliphatic heterocycles. The molecular formula is C11H21N3O2S. The molecule has 1 heterocycles. The van der Waals surface area contributed by atoms with Gasteiger partial charge in [0.1, 0.15) is 5.82 Å². The van der Waals surface area contributed by atoms with Gasteiger partial charge in [0, 0.05) is 37.7 Å². The van der Waals surface area contributed by atoms with Crippen molar-refractivity contribution in [3.8, 4) is 0 Å². The average Bonchev–Trinajstić information content (AvgIpc) is 2.77. The van der Waals surface area contributed by atoms with E-state index in [9.17, 15) is 0 Å². The lowest BCUT2D eigenvalue weighted by Crippen LogP contribution is -2.08. The van der Waals surface area contributed by atoms with Gasteiger partial charge in [-0.15, -0.1) is 0 Å². The standard InChI is InChI=1S/C11H21N3O2S/c1-9(2)10-13-11(17-14-10)12-5-4-6-16-8-7-15-3/h9H,4-8H2,1-3H3,(H,12,13,14). The first-order chi connectivity index (χ1) is 8.24. The number of nitrogens with zero attached hydrogens (tertiary/aromatic N) is 2. The van der Waals surface area contributed by atoms with Crippen molar-refractivity contribution in [2.75, 3.05) is 38.8 Å². The van der Waals surface area contributed by atoms with E-state index in [-0.39, 0.29) is 0 Å². The van der Waals surface area contributed by atoms with Crippen molar-refractivity contribution >= 4 is 16.7 Å². The molecule has 0 atom stereocenters. The van der Waals surface area contributed by atoms with Gasteiger partial charge in [0.25, 0.3) is 0 Å². The Morgan fingerprint density at radius 1 is 1.29 bits per heavy atom. The van der Waals surface area contributed by atoms with Gasteiger partial charge in [-0.25, -0.2) is 4.98 Å². The second-order valence-corrected chi connectivity index (χ2v) is 4.75.